The summed E-state index contributed by atoms with van der Waals surface area (Å²) in [4.78, 5) is 2.28. The van der Waals surface area contributed by atoms with Crippen LogP contribution in [0.5, 0.6) is 5.75 Å². The summed E-state index contributed by atoms with van der Waals surface area (Å²) < 4.78 is 5.19. The number of nitrogens with zero attached hydrogens (tertiary/aromatic N) is 4. The van der Waals surface area contributed by atoms with E-state index < -0.39 is 5.92 Å². The molecule has 1 aliphatic heterocycles. The first-order chi connectivity index (χ1) is 14.3. The maximum atomic E-state index is 9.66. The van der Waals surface area contributed by atoms with Crippen molar-refractivity contribution in [3.63, 3.8) is 0 Å². The highest BCUT2D eigenvalue weighted by molar-refractivity contribution is 5.42. The van der Waals surface area contributed by atoms with Crippen molar-refractivity contribution in [1.29, 1.82) is 5.26 Å². The van der Waals surface area contributed by atoms with Gasteiger partial charge in [0, 0.05) is 13.1 Å². The Kier molecular flexibility index (Phi) is 5.71. The summed E-state index contributed by atoms with van der Waals surface area (Å²) in [6, 6.07) is 24.5. The molecule has 0 amide bonds. The van der Waals surface area contributed by atoms with E-state index in [1.807, 2.05) is 36.4 Å². The van der Waals surface area contributed by atoms with Crippen LogP contribution in [0.1, 0.15) is 41.5 Å². The molecule has 1 saturated heterocycles. The van der Waals surface area contributed by atoms with Crippen molar-refractivity contribution in [3.05, 3.63) is 83.6 Å². The molecular weight excluding hydrogens is 360 g/mol. The lowest BCUT2D eigenvalue weighted by Crippen LogP contribution is -2.33. The summed E-state index contributed by atoms with van der Waals surface area (Å²) >= 11 is 0. The standard InChI is InChI=1S/C24H24N4O/c1-29-21-9-7-20(8-10-21)22(17-25)23-11-12-24(27-26-23)28-15-13-19(14-16-28)18-5-3-2-4-6-18/h2-12,19,22H,13-16H2,1H3. The normalized spacial score (nSPS) is 15.5. The number of piperidine rings is 1. The first-order valence-electron chi connectivity index (χ1n) is 9.95. The third-order valence-corrected chi connectivity index (χ3v) is 5.64. The molecular formula is C24H24N4O. The Morgan fingerprint density at radius 3 is 2.28 bits per heavy atom. The number of ether oxygens (including phenoxy) is 1. The molecule has 0 spiro atoms. The van der Waals surface area contributed by atoms with Crippen molar-refractivity contribution >= 4 is 5.82 Å². The van der Waals surface area contributed by atoms with Gasteiger partial charge in [0.25, 0.3) is 0 Å². The second kappa shape index (κ2) is 8.74. The summed E-state index contributed by atoms with van der Waals surface area (Å²) in [5, 5.41) is 18.5. The van der Waals surface area contributed by atoms with Crippen LogP contribution in [-0.4, -0.2) is 30.4 Å². The molecule has 1 atom stereocenters. The van der Waals surface area contributed by atoms with E-state index >= 15 is 0 Å². The predicted octanol–water partition coefficient (Wildman–Crippen LogP) is 4.52. The van der Waals surface area contributed by atoms with Gasteiger partial charge in [-0.15, -0.1) is 5.10 Å². The Balaban J connectivity index is 1.43. The number of rotatable bonds is 5. The Bertz CT molecular complexity index is 957. The van der Waals surface area contributed by atoms with Crippen LogP contribution in [-0.2, 0) is 0 Å². The van der Waals surface area contributed by atoms with Crippen molar-refractivity contribution < 1.29 is 4.74 Å². The Morgan fingerprint density at radius 2 is 1.69 bits per heavy atom. The molecule has 4 rings (SSSR count). The van der Waals surface area contributed by atoms with Crippen LogP contribution in [0.25, 0.3) is 0 Å². The van der Waals surface area contributed by atoms with Gasteiger partial charge in [-0.2, -0.15) is 10.4 Å². The highest BCUT2D eigenvalue weighted by Gasteiger charge is 2.22. The van der Waals surface area contributed by atoms with Gasteiger partial charge < -0.3 is 9.64 Å². The van der Waals surface area contributed by atoms with Crippen LogP contribution >= 0.6 is 0 Å². The van der Waals surface area contributed by atoms with E-state index in [4.69, 9.17) is 4.74 Å². The quantitative estimate of drug-likeness (QED) is 0.647. The van der Waals surface area contributed by atoms with Gasteiger partial charge in [0.1, 0.15) is 11.7 Å². The predicted molar refractivity (Wildman–Crippen MR) is 113 cm³/mol. The van der Waals surface area contributed by atoms with Crippen LogP contribution < -0.4 is 9.64 Å². The van der Waals surface area contributed by atoms with Crippen molar-refractivity contribution in [2.24, 2.45) is 0 Å². The number of hydrogen-bond donors (Lipinski definition) is 0. The lowest BCUT2D eigenvalue weighted by atomic mass is 9.89. The monoisotopic (exact) mass is 384 g/mol. The minimum absolute atomic E-state index is 0.439. The molecule has 5 heteroatoms. The number of methoxy groups -OCH3 is 1. The van der Waals surface area contributed by atoms with Crippen LogP contribution in [0.3, 0.4) is 0 Å². The van der Waals surface area contributed by atoms with Gasteiger partial charge in [0.2, 0.25) is 0 Å². The minimum atomic E-state index is -0.439. The number of benzene rings is 2. The number of hydrogen-bond acceptors (Lipinski definition) is 5. The SMILES string of the molecule is COc1ccc(C(C#N)c2ccc(N3CCC(c4ccccc4)CC3)nn2)cc1. The Hall–Kier alpha value is -3.39. The molecule has 1 fully saturated rings. The van der Waals surface area contributed by atoms with E-state index in [1.54, 1.807) is 7.11 Å². The van der Waals surface area contributed by atoms with E-state index in [9.17, 15) is 5.26 Å². The van der Waals surface area contributed by atoms with Crippen molar-refractivity contribution in [3.8, 4) is 11.8 Å². The molecule has 0 aliphatic carbocycles. The fraction of sp³-hybridized carbons (Fsp3) is 0.292. The van der Waals surface area contributed by atoms with E-state index in [0.717, 1.165) is 43.1 Å². The van der Waals surface area contributed by atoms with E-state index in [0.29, 0.717) is 11.6 Å². The second-order valence-electron chi connectivity index (χ2n) is 7.32. The largest absolute Gasteiger partial charge is 0.497 e. The number of anilines is 1. The van der Waals surface area contributed by atoms with Gasteiger partial charge in [0.05, 0.1) is 18.9 Å². The molecule has 1 unspecified atom stereocenters. The maximum absolute atomic E-state index is 9.66. The summed E-state index contributed by atoms with van der Waals surface area (Å²) in [6.07, 6.45) is 2.22. The molecule has 0 bridgehead atoms. The zero-order valence-electron chi connectivity index (χ0n) is 16.5. The van der Waals surface area contributed by atoms with Crippen molar-refractivity contribution in [1.82, 2.24) is 10.2 Å². The van der Waals surface area contributed by atoms with Crippen LogP contribution in [0.4, 0.5) is 5.82 Å². The highest BCUT2D eigenvalue weighted by Crippen LogP contribution is 2.30. The molecule has 2 heterocycles. The molecule has 0 radical (unpaired) electrons. The van der Waals surface area contributed by atoms with Gasteiger partial charge in [-0.3, -0.25) is 0 Å². The first-order valence-corrected chi connectivity index (χ1v) is 9.95. The van der Waals surface area contributed by atoms with Gasteiger partial charge >= 0.3 is 0 Å². The fourth-order valence-electron chi connectivity index (χ4n) is 3.93. The van der Waals surface area contributed by atoms with Crippen LogP contribution in [0.2, 0.25) is 0 Å². The molecule has 0 saturated carbocycles. The summed E-state index contributed by atoms with van der Waals surface area (Å²) in [5.41, 5.74) is 2.98. The average molecular weight is 384 g/mol. The maximum Gasteiger partial charge on any atom is 0.151 e. The zero-order valence-corrected chi connectivity index (χ0v) is 16.5. The average Bonchev–Trinajstić information content (AvgIpc) is 2.81. The molecule has 2 aromatic carbocycles. The molecule has 146 valence electrons. The summed E-state index contributed by atoms with van der Waals surface area (Å²) in [6.45, 7) is 1.93. The third kappa shape index (κ3) is 4.22. The number of aromatic nitrogens is 2. The highest BCUT2D eigenvalue weighted by atomic mass is 16.5. The van der Waals surface area contributed by atoms with Crippen LogP contribution in [0.15, 0.2) is 66.7 Å². The number of nitriles is 1. The summed E-state index contributed by atoms with van der Waals surface area (Å²) in [7, 11) is 1.63. The lowest BCUT2D eigenvalue weighted by Gasteiger charge is -2.32. The summed E-state index contributed by atoms with van der Waals surface area (Å²) in [5.74, 6) is 1.82. The van der Waals surface area contributed by atoms with Crippen molar-refractivity contribution in [2.45, 2.75) is 24.7 Å². The third-order valence-electron chi connectivity index (χ3n) is 5.64. The van der Waals surface area contributed by atoms with E-state index in [2.05, 4.69) is 51.5 Å². The Morgan fingerprint density at radius 1 is 0.966 bits per heavy atom. The van der Waals surface area contributed by atoms with Crippen LogP contribution in [0, 0.1) is 11.3 Å². The second-order valence-corrected chi connectivity index (χ2v) is 7.32. The van der Waals surface area contributed by atoms with E-state index in [1.165, 1.54) is 5.56 Å². The van der Waals surface area contributed by atoms with Gasteiger partial charge in [-0.05, 0) is 54.2 Å². The molecule has 3 aromatic rings. The fourth-order valence-corrected chi connectivity index (χ4v) is 3.93. The van der Waals surface area contributed by atoms with Gasteiger partial charge in [-0.1, -0.05) is 42.5 Å². The van der Waals surface area contributed by atoms with E-state index in [-0.39, 0.29) is 0 Å². The Labute approximate surface area is 171 Å². The smallest absolute Gasteiger partial charge is 0.151 e. The lowest BCUT2D eigenvalue weighted by molar-refractivity contribution is 0.414. The zero-order chi connectivity index (χ0) is 20.1. The van der Waals surface area contributed by atoms with Gasteiger partial charge in [0.15, 0.2) is 5.82 Å². The minimum Gasteiger partial charge on any atom is -0.497 e. The molecule has 1 aliphatic rings. The first kappa shape index (κ1) is 18.9. The van der Waals surface area contributed by atoms with Gasteiger partial charge in [-0.25, -0.2) is 0 Å². The molecule has 1 aromatic heterocycles. The molecule has 29 heavy (non-hydrogen) atoms. The molecule has 0 N–H and O–H groups in total. The van der Waals surface area contributed by atoms with Crippen molar-refractivity contribution in [2.75, 3.05) is 25.1 Å². The topological polar surface area (TPSA) is 62.0 Å². The molecule has 5 nitrogen and oxygen atoms in total.